The maximum atomic E-state index is 6.17. The molecule has 1 aromatic carbocycles. The van der Waals surface area contributed by atoms with Gasteiger partial charge in [0.25, 0.3) is 0 Å². The van der Waals surface area contributed by atoms with Crippen LogP contribution in [0, 0.1) is 0 Å². The van der Waals surface area contributed by atoms with Crippen molar-refractivity contribution in [2.24, 2.45) is 0 Å². The Labute approximate surface area is 137 Å². The van der Waals surface area contributed by atoms with Crippen molar-refractivity contribution in [3.05, 3.63) is 57.1 Å². The number of thiophene rings is 1. The third kappa shape index (κ3) is 2.67. The Morgan fingerprint density at radius 3 is 3.09 bits per heavy atom. The number of halogens is 1. The van der Waals surface area contributed by atoms with E-state index in [1.807, 2.05) is 35.6 Å². The molecule has 0 bridgehead atoms. The normalized spacial score (nSPS) is 15.0. The molecule has 0 fully saturated rings. The highest BCUT2D eigenvalue weighted by molar-refractivity contribution is 7.10. The second-order valence-corrected chi connectivity index (χ2v) is 6.73. The molecule has 0 saturated carbocycles. The van der Waals surface area contributed by atoms with Crippen molar-refractivity contribution in [3.8, 4) is 11.4 Å². The Kier molecular flexibility index (Phi) is 3.70. The van der Waals surface area contributed by atoms with E-state index in [0.29, 0.717) is 23.3 Å². The first-order valence-corrected chi connectivity index (χ1v) is 8.40. The van der Waals surface area contributed by atoms with E-state index in [1.54, 1.807) is 0 Å². The number of hydrogen-bond donors (Lipinski definition) is 0. The predicted octanol–water partition coefficient (Wildman–Crippen LogP) is 4.01. The second kappa shape index (κ2) is 5.83. The van der Waals surface area contributed by atoms with Gasteiger partial charge in [0.1, 0.15) is 0 Å². The van der Waals surface area contributed by atoms with Crippen LogP contribution in [0.3, 0.4) is 0 Å². The maximum absolute atomic E-state index is 6.17. The van der Waals surface area contributed by atoms with Crippen molar-refractivity contribution in [1.82, 2.24) is 15.0 Å². The van der Waals surface area contributed by atoms with Gasteiger partial charge in [0, 0.05) is 23.5 Å². The lowest BCUT2D eigenvalue weighted by atomic mass is 10.1. The van der Waals surface area contributed by atoms with E-state index >= 15 is 0 Å². The van der Waals surface area contributed by atoms with E-state index in [4.69, 9.17) is 16.1 Å². The fourth-order valence-electron chi connectivity index (χ4n) is 2.70. The van der Waals surface area contributed by atoms with Crippen molar-refractivity contribution in [3.63, 3.8) is 0 Å². The minimum Gasteiger partial charge on any atom is -0.338 e. The molecule has 0 aliphatic carbocycles. The summed E-state index contributed by atoms with van der Waals surface area (Å²) in [5, 5.41) is 6.85. The van der Waals surface area contributed by atoms with Gasteiger partial charge in [-0.1, -0.05) is 28.9 Å². The summed E-state index contributed by atoms with van der Waals surface area (Å²) >= 11 is 8.02. The molecular formula is C16H14ClN3OS. The zero-order valence-electron chi connectivity index (χ0n) is 11.8. The summed E-state index contributed by atoms with van der Waals surface area (Å²) in [5.41, 5.74) is 2.22. The van der Waals surface area contributed by atoms with Crippen molar-refractivity contribution >= 4 is 22.9 Å². The quantitative estimate of drug-likeness (QED) is 0.727. The van der Waals surface area contributed by atoms with E-state index in [2.05, 4.69) is 26.5 Å². The standard InChI is InChI=1S/C16H14ClN3OS/c17-13-4-2-1-3-12(13)16-18-15(21-19-16)10-20-7-5-14-11(9-20)6-8-22-14/h1-4,6,8H,5,7,9-10H2. The summed E-state index contributed by atoms with van der Waals surface area (Å²) in [6.07, 6.45) is 1.10. The highest BCUT2D eigenvalue weighted by Crippen LogP contribution is 2.27. The molecule has 0 atom stereocenters. The Morgan fingerprint density at radius 2 is 2.18 bits per heavy atom. The van der Waals surface area contributed by atoms with E-state index in [9.17, 15) is 0 Å². The molecule has 0 N–H and O–H groups in total. The first-order valence-electron chi connectivity index (χ1n) is 7.15. The molecule has 1 aliphatic rings. The topological polar surface area (TPSA) is 42.2 Å². The van der Waals surface area contributed by atoms with Gasteiger partial charge in [-0.3, -0.25) is 4.90 Å². The van der Waals surface area contributed by atoms with Crippen LogP contribution in [0.4, 0.5) is 0 Å². The van der Waals surface area contributed by atoms with E-state index in [1.165, 1.54) is 10.4 Å². The van der Waals surface area contributed by atoms with Gasteiger partial charge in [0.05, 0.1) is 11.6 Å². The zero-order chi connectivity index (χ0) is 14.9. The molecule has 0 radical (unpaired) electrons. The molecule has 22 heavy (non-hydrogen) atoms. The minimum absolute atomic E-state index is 0.550. The zero-order valence-corrected chi connectivity index (χ0v) is 13.4. The molecule has 1 aliphatic heterocycles. The summed E-state index contributed by atoms with van der Waals surface area (Å²) in [6, 6.07) is 9.74. The molecule has 0 spiro atoms. The lowest BCUT2D eigenvalue weighted by Crippen LogP contribution is -2.29. The van der Waals surface area contributed by atoms with Gasteiger partial charge in [-0.15, -0.1) is 11.3 Å². The molecule has 0 unspecified atom stereocenters. The van der Waals surface area contributed by atoms with Crippen LogP contribution in [0.2, 0.25) is 5.02 Å². The molecule has 112 valence electrons. The van der Waals surface area contributed by atoms with Crippen molar-refractivity contribution in [2.45, 2.75) is 19.5 Å². The number of benzene rings is 1. The lowest BCUT2D eigenvalue weighted by Gasteiger charge is -2.24. The second-order valence-electron chi connectivity index (χ2n) is 5.32. The van der Waals surface area contributed by atoms with Crippen LogP contribution in [0.1, 0.15) is 16.3 Å². The summed E-state index contributed by atoms with van der Waals surface area (Å²) in [5.74, 6) is 1.18. The molecule has 2 aromatic heterocycles. The van der Waals surface area contributed by atoms with Gasteiger partial charge in [0.15, 0.2) is 0 Å². The highest BCUT2D eigenvalue weighted by Gasteiger charge is 2.20. The molecule has 4 nitrogen and oxygen atoms in total. The van der Waals surface area contributed by atoms with Gasteiger partial charge in [-0.2, -0.15) is 4.98 Å². The van der Waals surface area contributed by atoms with E-state index < -0.39 is 0 Å². The smallest absolute Gasteiger partial charge is 0.241 e. The van der Waals surface area contributed by atoms with E-state index in [0.717, 1.165) is 25.1 Å². The Bertz CT molecular complexity index is 798. The highest BCUT2D eigenvalue weighted by atomic mass is 35.5. The average Bonchev–Trinajstić information content (AvgIpc) is 3.16. The molecule has 6 heteroatoms. The monoisotopic (exact) mass is 331 g/mol. The summed E-state index contributed by atoms with van der Waals surface area (Å²) in [6.45, 7) is 2.65. The van der Waals surface area contributed by atoms with Gasteiger partial charge < -0.3 is 4.52 Å². The number of nitrogens with zero attached hydrogens (tertiary/aromatic N) is 3. The van der Waals surface area contributed by atoms with Gasteiger partial charge in [0.2, 0.25) is 11.7 Å². The van der Waals surface area contributed by atoms with E-state index in [-0.39, 0.29) is 0 Å². The molecule has 0 amide bonds. The first-order chi connectivity index (χ1) is 10.8. The first kappa shape index (κ1) is 13.9. The number of fused-ring (bicyclic) bond motifs is 1. The van der Waals surface area contributed by atoms with Crippen LogP contribution >= 0.6 is 22.9 Å². The van der Waals surface area contributed by atoms with Gasteiger partial charge >= 0.3 is 0 Å². The van der Waals surface area contributed by atoms with Crippen LogP contribution in [-0.2, 0) is 19.5 Å². The van der Waals surface area contributed by atoms with Crippen molar-refractivity contribution in [1.29, 1.82) is 0 Å². The number of hydrogen-bond acceptors (Lipinski definition) is 5. The Balaban J connectivity index is 1.50. The number of rotatable bonds is 3. The largest absolute Gasteiger partial charge is 0.338 e. The van der Waals surface area contributed by atoms with Gasteiger partial charge in [-0.25, -0.2) is 0 Å². The molecule has 3 heterocycles. The summed E-state index contributed by atoms with van der Waals surface area (Å²) in [7, 11) is 0. The molecule has 3 aromatic rings. The van der Waals surface area contributed by atoms with Gasteiger partial charge in [-0.05, 0) is 35.6 Å². The maximum Gasteiger partial charge on any atom is 0.241 e. The Morgan fingerprint density at radius 1 is 1.27 bits per heavy atom. The molecule has 0 saturated heterocycles. The third-order valence-electron chi connectivity index (χ3n) is 3.83. The summed E-state index contributed by atoms with van der Waals surface area (Å²) in [4.78, 5) is 8.31. The fourth-order valence-corrected chi connectivity index (χ4v) is 3.81. The molecule has 4 rings (SSSR count). The third-order valence-corrected chi connectivity index (χ3v) is 5.18. The lowest BCUT2D eigenvalue weighted by molar-refractivity contribution is 0.212. The van der Waals surface area contributed by atoms with Crippen molar-refractivity contribution in [2.75, 3.05) is 6.54 Å². The molecular weight excluding hydrogens is 318 g/mol. The van der Waals surface area contributed by atoms with Crippen LogP contribution < -0.4 is 0 Å². The Hall–Kier alpha value is -1.69. The predicted molar refractivity (Wildman–Crippen MR) is 86.9 cm³/mol. The summed E-state index contributed by atoms with van der Waals surface area (Å²) < 4.78 is 5.39. The number of aromatic nitrogens is 2. The average molecular weight is 332 g/mol. The minimum atomic E-state index is 0.550. The SMILES string of the molecule is Clc1ccccc1-c1noc(CN2CCc3sccc3C2)n1. The van der Waals surface area contributed by atoms with Crippen LogP contribution in [0.5, 0.6) is 0 Å². The van der Waals surface area contributed by atoms with Crippen LogP contribution in [0.25, 0.3) is 11.4 Å². The van der Waals surface area contributed by atoms with Crippen LogP contribution in [0.15, 0.2) is 40.2 Å². The fraction of sp³-hybridized carbons (Fsp3) is 0.250. The van der Waals surface area contributed by atoms with Crippen LogP contribution in [-0.4, -0.2) is 21.6 Å². The van der Waals surface area contributed by atoms with Crippen molar-refractivity contribution < 1.29 is 4.52 Å².